The summed E-state index contributed by atoms with van der Waals surface area (Å²) in [6.07, 6.45) is -2.14. The molecular weight excluding hydrogens is 220 g/mol. The van der Waals surface area contributed by atoms with Crippen molar-refractivity contribution in [2.75, 3.05) is 6.61 Å². The van der Waals surface area contributed by atoms with Crippen molar-refractivity contribution >= 4 is 5.97 Å². The zero-order chi connectivity index (χ0) is 12.1. The van der Waals surface area contributed by atoms with Gasteiger partial charge in [0.15, 0.2) is 5.43 Å². The third-order valence-corrected chi connectivity index (χ3v) is 1.94. The minimum absolute atomic E-state index is 0.146. The number of esters is 1. The third-order valence-electron chi connectivity index (χ3n) is 1.94. The molecule has 0 spiro atoms. The highest BCUT2D eigenvalue weighted by Crippen LogP contribution is 2.18. The van der Waals surface area contributed by atoms with E-state index in [1.165, 1.54) is 0 Å². The van der Waals surface area contributed by atoms with Gasteiger partial charge in [0.2, 0.25) is 0 Å². The molecule has 88 valence electrons. The first-order valence-electron chi connectivity index (χ1n) is 4.70. The Morgan fingerprint density at radius 3 is 2.81 bits per heavy atom. The molecule has 0 aliphatic rings. The van der Waals surface area contributed by atoms with E-state index in [1.807, 2.05) is 0 Å². The van der Waals surface area contributed by atoms with E-state index in [2.05, 4.69) is 9.72 Å². The molecule has 0 aromatic carbocycles. The largest absolute Gasteiger partial charge is 0.466 e. The molecule has 16 heavy (non-hydrogen) atoms. The summed E-state index contributed by atoms with van der Waals surface area (Å²) in [7, 11) is 0. The fourth-order valence-electron chi connectivity index (χ4n) is 1.26. The summed E-state index contributed by atoms with van der Waals surface area (Å²) in [6, 6.07) is 1.10. The van der Waals surface area contributed by atoms with Crippen molar-refractivity contribution in [2.24, 2.45) is 0 Å². The van der Waals surface area contributed by atoms with Crippen molar-refractivity contribution in [2.45, 2.75) is 19.8 Å². The highest BCUT2D eigenvalue weighted by atomic mass is 19.3. The normalized spacial score (nSPS) is 10.5. The smallest absolute Gasteiger partial charge is 0.310 e. The number of hydrogen-bond acceptors (Lipinski definition) is 3. The summed E-state index contributed by atoms with van der Waals surface area (Å²) in [6.45, 7) is 1.74. The Bertz CT molecular complexity index is 428. The van der Waals surface area contributed by atoms with Crippen LogP contribution in [0.3, 0.4) is 0 Å². The molecule has 0 atom stereocenters. The number of alkyl halides is 2. The van der Waals surface area contributed by atoms with Gasteiger partial charge in [0.25, 0.3) is 6.43 Å². The maximum Gasteiger partial charge on any atom is 0.310 e. The number of pyridine rings is 1. The second-order valence-corrected chi connectivity index (χ2v) is 3.02. The zero-order valence-electron chi connectivity index (χ0n) is 8.63. The predicted octanol–water partition coefficient (Wildman–Crippen LogP) is 1.42. The lowest BCUT2D eigenvalue weighted by molar-refractivity contribution is -0.142. The summed E-state index contributed by atoms with van der Waals surface area (Å²) >= 11 is 0. The molecule has 0 radical (unpaired) electrons. The molecule has 0 amide bonds. The van der Waals surface area contributed by atoms with E-state index < -0.39 is 29.9 Å². The molecule has 1 aromatic rings. The quantitative estimate of drug-likeness (QED) is 0.797. The van der Waals surface area contributed by atoms with Gasteiger partial charge in [-0.3, -0.25) is 9.59 Å². The van der Waals surface area contributed by atoms with E-state index in [1.54, 1.807) is 6.92 Å². The van der Waals surface area contributed by atoms with E-state index >= 15 is 0 Å². The number of carbonyl (C=O) groups excluding carboxylic acids is 1. The van der Waals surface area contributed by atoms with Crippen LogP contribution in [0.2, 0.25) is 0 Å². The molecule has 4 nitrogen and oxygen atoms in total. The van der Waals surface area contributed by atoms with Crippen LogP contribution in [0, 0.1) is 0 Å². The minimum Gasteiger partial charge on any atom is -0.466 e. The van der Waals surface area contributed by atoms with Crippen molar-refractivity contribution in [1.82, 2.24) is 4.98 Å². The van der Waals surface area contributed by atoms with E-state index in [4.69, 9.17) is 0 Å². The molecule has 6 heteroatoms. The minimum atomic E-state index is -2.82. The molecular formula is C10H11F2NO3. The summed E-state index contributed by atoms with van der Waals surface area (Å²) < 4.78 is 29.6. The number of H-pyrrole nitrogens is 1. The van der Waals surface area contributed by atoms with Crippen molar-refractivity contribution in [3.8, 4) is 0 Å². The second kappa shape index (κ2) is 5.39. The molecule has 0 fully saturated rings. The van der Waals surface area contributed by atoms with Crippen LogP contribution in [0.4, 0.5) is 8.78 Å². The van der Waals surface area contributed by atoms with Gasteiger partial charge in [0.1, 0.15) is 0 Å². The number of ether oxygens (including phenoxy) is 1. The first-order valence-corrected chi connectivity index (χ1v) is 4.70. The first kappa shape index (κ1) is 12.4. The zero-order valence-corrected chi connectivity index (χ0v) is 8.63. The number of rotatable bonds is 4. The molecule has 0 saturated heterocycles. The Morgan fingerprint density at radius 2 is 2.25 bits per heavy atom. The van der Waals surface area contributed by atoms with E-state index in [9.17, 15) is 18.4 Å². The van der Waals surface area contributed by atoms with E-state index in [0.29, 0.717) is 0 Å². The summed E-state index contributed by atoms with van der Waals surface area (Å²) in [5.41, 5.74) is -1.36. The fraction of sp³-hybridized carbons (Fsp3) is 0.400. The molecule has 1 heterocycles. The highest BCUT2D eigenvalue weighted by Gasteiger charge is 2.18. The van der Waals surface area contributed by atoms with Crippen LogP contribution in [0.5, 0.6) is 0 Å². The van der Waals surface area contributed by atoms with Crippen molar-refractivity contribution < 1.29 is 18.3 Å². The van der Waals surface area contributed by atoms with Gasteiger partial charge in [-0.25, -0.2) is 8.78 Å². The first-order chi connectivity index (χ1) is 7.56. The van der Waals surface area contributed by atoms with Gasteiger partial charge < -0.3 is 9.72 Å². The van der Waals surface area contributed by atoms with Crippen LogP contribution >= 0.6 is 0 Å². The third kappa shape index (κ3) is 2.88. The number of aromatic amines is 1. The second-order valence-electron chi connectivity index (χ2n) is 3.02. The number of aromatic nitrogens is 1. The topological polar surface area (TPSA) is 59.2 Å². The van der Waals surface area contributed by atoms with Crippen molar-refractivity contribution in [3.63, 3.8) is 0 Å². The number of nitrogens with one attached hydrogen (secondary N) is 1. The van der Waals surface area contributed by atoms with Crippen LogP contribution in [-0.4, -0.2) is 17.6 Å². The number of halogens is 2. The average molecular weight is 231 g/mol. The van der Waals surface area contributed by atoms with E-state index in [0.717, 1.165) is 12.3 Å². The Kier molecular flexibility index (Phi) is 4.16. The Hall–Kier alpha value is -1.72. The fourth-order valence-corrected chi connectivity index (χ4v) is 1.26. The Morgan fingerprint density at radius 1 is 1.56 bits per heavy atom. The van der Waals surface area contributed by atoms with Gasteiger partial charge in [-0.2, -0.15) is 0 Å². The maximum atomic E-state index is 12.5. The van der Waals surface area contributed by atoms with Crippen LogP contribution in [0.15, 0.2) is 17.1 Å². The van der Waals surface area contributed by atoms with E-state index in [-0.39, 0.29) is 12.2 Å². The molecule has 1 N–H and O–H groups in total. The number of hydrogen-bond donors (Lipinski definition) is 1. The molecule has 0 aliphatic heterocycles. The maximum absolute atomic E-state index is 12.5. The van der Waals surface area contributed by atoms with Gasteiger partial charge in [0.05, 0.1) is 18.7 Å². The lowest BCUT2D eigenvalue weighted by Crippen LogP contribution is -2.19. The molecule has 1 aromatic heterocycles. The monoisotopic (exact) mass is 231 g/mol. The molecule has 0 bridgehead atoms. The Balaban J connectivity index is 3.02. The molecule has 0 saturated carbocycles. The van der Waals surface area contributed by atoms with Gasteiger partial charge in [0, 0.05) is 17.8 Å². The van der Waals surface area contributed by atoms with Gasteiger partial charge in [-0.05, 0) is 6.92 Å². The molecule has 0 aliphatic carbocycles. The lowest BCUT2D eigenvalue weighted by Gasteiger charge is -2.07. The SMILES string of the molecule is CCOC(=O)Cc1c(C(F)F)[nH]ccc1=O. The van der Waals surface area contributed by atoms with Crippen molar-refractivity contribution in [3.05, 3.63) is 33.7 Å². The van der Waals surface area contributed by atoms with Crippen molar-refractivity contribution in [1.29, 1.82) is 0 Å². The summed E-state index contributed by atoms with van der Waals surface area (Å²) in [5.74, 6) is -0.693. The van der Waals surface area contributed by atoms with Gasteiger partial charge >= 0.3 is 5.97 Å². The summed E-state index contributed by atoms with van der Waals surface area (Å²) in [4.78, 5) is 24.7. The van der Waals surface area contributed by atoms with Gasteiger partial charge in [-0.1, -0.05) is 0 Å². The molecule has 1 rings (SSSR count). The average Bonchev–Trinajstić information content (AvgIpc) is 2.21. The molecule has 0 unspecified atom stereocenters. The standard InChI is InChI=1S/C10H11F2NO3/c1-2-16-8(15)5-6-7(14)3-4-13-9(6)10(11)12/h3-4,10H,2,5H2,1H3,(H,13,14). The summed E-state index contributed by atoms with van der Waals surface area (Å²) in [5, 5.41) is 0. The van der Waals surface area contributed by atoms with Crippen LogP contribution in [-0.2, 0) is 16.0 Å². The van der Waals surface area contributed by atoms with Crippen LogP contribution in [0.25, 0.3) is 0 Å². The van der Waals surface area contributed by atoms with Gasteiger partial charge in [-0.15, -0.1) is 0 Å². The van der Waals surface area contributed by atoms with Crippen LogP contribution < -0.4 is 5.43 Å². The highest BCUT2D eigenvalue weighted by molar-refractivity contribution is 5.72. The predicted molar refractivity (Wildman–Crippen MR) is 52.4 cm³/mol. The Labute approximate surface area is 90.2 Å². The lowest BCUT2D eigenvalue weighted by atomic mass is 10.1. The van der Waals surface area contributed by atoms with Crippen LogP contribution in [0.1, 0.15) is 24.6 Å². The number of carbonyl (C=O) groups is 1.